The van der Waals surface area contributed by atoms with Crippen molar-refractivity contribution in [3.63, 3.8) is 0 Å². The first-order valence-corrected chi connectivity index (χ1v) is 10.8. The second-order valence-electron chi connectivity index (χ2n) is 7.28. The van der Waals surface area contributed by atoms with Gasteiger partial charge < -0.3 is 23.9 Å². The van der Waals surface area contributed by atoms with E-state index >= 15 is 0 Å². The van der Waals surface area contributed by atoms with Gasteiger partial charge in [0.25, 0.3) is 17.7 Å². The quantitative estimate of drug-likeness (QED) is 0.139. The number of nitrogens with one attached hydrogen (secondary N) is 3. The van der Waals surface area contributed by atoms with Gasteiger partial charge in [-0.1, -0.05) is 0 Å². The van der Waals surface area contributed by atoms with Crippen molar-refractivity contribution in [3.8, 4) is 0 Å². The van der Waals surface area contributed by atoms with Crippen LogP contribution >= 0.6 is 0 Å². The Morgan fingerprint density at radius 3 is 2.39 bits per heavy atom. The van der Waals surface area contributed by atoms with Crippen molar-refractivity contribution < 1.29 is 32.6 Å². The number of furan rings is 3. The van der Waals surface area contributed by atoms with Gasteiger partial charge in [0.15, 0.2) is 11.5 Å². The van der Waals surface area contributed by atoms with Gasteiger partial charge in [0.2, 0.25) is 0 Å². The molecule has 0 bridgehead atoms. The molecule has 0 fully saturated rings. The molecule has 188 valence electrons. The molecule has 3 aromatic rings. The van der Waals surface area contributed by atoms with E-state index in [0.29, 0.717) is 19.4 Å². The number of carbonyl (C=O) groups is 3. The Hall–Kier alpha value is -4.94. The van der Waals surface area contributed by atoms with E-state index in [0.717, 1.165) is 0 Å². The van der Waals surface area contributed by atoms with Crippen LogP contribution in [0.4, 0.5) is 5.88 Å². The molecule has 3 amide bonds. The topological polar surface area (TPSA) is 182 Å². The number of hydrogen-bond donors (Lipinski definition) is 3. The molecule has 13 nitrogen and oxygen atoms in total. The van der Waals surface area contributed by atoms with Gasteiger partial charge in [0.1, 0.15) is 16.7 Å². The Labute approximate surface area is 204 Å². The maximum Gasteiger partial charge on any atom is 0.433 e. The minimum absolute atomic E-state index is 0.0532. The zero-order chi connectivity index (χ0) is 25.8. The number of allylic oxidation sites excluding steroid dienone is 1. The highest BCUT2D eigenvalue weighted by Crippen LogP contribution is 2.16. The lowest BCUT2D eigenvalue weighted by Gasteiger charge is -2.16. The molecule has 1 unspecified atom stereocenters. The van der Waals surface area contributed by atoms with Gasteiger partial charge in [-0.2, -0.15) is 5.10 Å². The molecule has 0 aromatic carbocycles. The summed E-state index contributed by atoms with van der Waals surface area (Å²) in [6.07, 6.45) is 8.18. The normalized spacial score (nSPS) is 12.0. The maximum absolute atomic E-state index is 12.6. The third-order valence-electron chi connectivity index (χ3n) is 4.71. The Morgan fingerprint density at radius 1 is 1.03 bits per heavy atom. The third kappa shape index (κ3) is 7.83. The Balaban J connectivity index is 1.49. The molecule has 3 heterocycles. The molecule has 0 saturated carbocycles. The number of unbranched alkanes of at least 4 members (excludes halogenated alkanes) is 1. The van der Waals surface area contributed by atoms with E-state index in [2.05, 4.69) is 21.2 Å². The molecule has 3 rings (SSSR count). The molecule has 13 heteroatoms. The minimum Gasteiger partial charge on any atom is -0.459 e. The molecular formula is C23H23N5O8. The van der Waals surface area contributed by atoms with E-state index in [1.807, 2.05) is 0 Å². The second kappa shape index (κ2) is 13.1. The summed E-state index contributed by atoms with van der Waals surface area (Å²) in [5.74, 6) is -1.36. The first-order valence-electron chi connectivity index (χ1n) is 10.8. The van der Waals surface area contributed by atoms with E-state index in [9.17, 15) is 24.5 Å². The Kier molecular flexibility index (Phi) is 9.33. The average Bonchev–Trinajstić information content (AvgIpc) is 3.64. The summed E-state index contributed by atoms with van der Waals surface area (Å²) in [5.41, 5.74) is 2.33. The van der Waals surface area contributed by atoms with E-state index < -0.39 is 28.7 Å². The Morgan fingerprint density at radius 2 is 1.75 bits per heavy atom. The SMILES string of the molecule is O=C(NCCCCC(NC(=O)c1ccco1)C(=O)N/N=C/C=C/c1ccc([N+](=O)[O-])o1)c1ccco1. The van der Waals surface area contributed by atoms with Crippen molar-refractivity contribution in [1.29, 1.82) is 0 Å². The lowest BCUT2D eigenvalue weighted by molar-refractivity contribution is -0.402. The zero-order valence-corrected chi connectivity index (χ0v) is 18.9. The standard InChI is InChI=1S/C23H23N5O8/c29-21(27-25-13-3-6-16-10-11-20(36-16)28(32)33)17(26-23(31)19-9-5-15-35-19)7-1-2-12-24-22(30)18-8-4-14-34-18/h3-6,8-11,13-15,17H,1-2,7,12H2,(H,24,30)(H,26,31)(H,27,29)/b6-3+,25-13+. The third-order valence-corrected chi connectivity index (χ3v) is 4.71. The number of amides is 3. The number of hydrazone groups is 1. The highest BCUT2D eigenvalue weighted by molar-refractivity contribution is 5.95. The van der Waals surface area contributed by atoms with Crippen LogP contribution in [-0.4, -0.2) is 41.4 Å². The average molecular weight is 497 g/mol. The smallest absolute Gasteiger partial charge is 0.433 e. The summed E-state index contributed by atoms with van der Waals surface area (Å²) < 4.78 is 15.0. The highest BCUT2D eigenvalue weighted by Gasteiger charge is 2.22. The van der Waals surface area contributed by atoms with Crippen molar-refractivity contribution in [3.05, 3.63) is 82.4 Å². The molecular weight excluding hydrogens is 474 g/mol. The van der Waals surface area contributed by atoms with Crippen LogP contribution in [0.3, 0.4) is 0 Å². The first-order chi connectivity index (χ1) is 17.4. The van der Waals surface area contributed by atoms with E-state index in [1.54, 1.807) is 18.2 Å². The van der Waals surface area contributed by atoms with Gasteiger partial charge in [-0.3, -0.25) is 24.5 Å². The number of nitro groups is 1. The molecule has 3 N–H and O–H groups in total. The Bertz CT molecular complexity index is 1210. The molecule has 0 radical (unpaired) electrons. The van der Waals surface area contributed by atoms with Crippen LogP contribution in [0.5, 0.6) is 0 Å². The van der Waals surface area contributed by atoms with Gasteiger partial charge in [0, 0.05) is 12.8 Å². The molecule has 3 aromatic heterocycles. The van der Waals surface area contributed by atoms with Crippen molar-refractivity contribution in [2.75, 3.05) is 6.54 Å². The fourth-order valence-electron chi connectivity index (χ4n) is 2.97. The summed E-state index contributed by atoms with van der Waals surface area (Å²) in [4.78, 5) is 46.8. The van der Waals surface area contributed by atoms with Crippen LogP contribution in [0.15, 0.2) is 73.4 Å². The van der Waals surface area contributed by atoms with Crippen LogP contribution in [0.1, 0.15) is 46.1 Å². The molecule has 0 aliphatic rings. The van der Waals surface area contributed by atoms with Gasteiger partial charge in [-0.15, -0.1) is 0 Å². The summed E-state index contributed by atoms with van der Waals surface area (Å²) in [5, 5.41) is 19.7. The van der Waals surface area contributed by atoms with Crippen LogP contribution < -0.4 is 16.1 Å². The zero-order valence-electron chi connectivity index (χ0n) is 18.9. The molecule has 1 atom stereocenters. The molecule has 0 spiro atoms. The van der Waals surface area contributed by atoms with Crippen LogP contribution in [0, 0.1) is 10.1 Å². The monoisotopic (exact) mass is 497 g/mol. The van der Waals surface area contributed by atoms with Gasteiger partial charge in [-0.05, 0) is 61.7 Å². The van der Waals surface area contributed by atoms with Crippen molar-refractivity contribution in [2.45, 2.75) is 25.3 Å². The second-order valence-corrected chi connectivity index (χ2v) is 7.28. The fourth-order valence-corrected chi connectivity index (χ4v) is 2.97. The summed E-state index contributed by atoms with van der Waals surface area (Å²) in [7, 11) is 0. The predicted molar refractivity (Wildman–Crippen MR) is 126 cm³/mol. The molecule has 0 saturated heterocycles. The lowest BCUT2D eigenvalue weighted by atomic mass is 10.1. The molecule has 36 heavy (non-hydrogen) atoms. The summed E-state index contributed by atoms with van der Waals surface area (Å²) in [6.45, 7) is 0.355. The van der Waals surface area contributed by atoms with Crippen LogP contribution in [0.2, 0.25) is 0 Å². The predicted octanol–water partition coefficient (Wildman–Crippen LogP) is 2.89. The van der Waals surface area contributed by atoms with Crippen LogP contribution in [0.25, 0.3) is 6.08 Å². The van der Waals surface area contributed by atoms with Gasteiger partial charge in [-0.25, -0.2) is 5.43 Å². The van der Waals surface area contributed by atoms with Crippen molar-refractivity contribution in [2.24, 2.45) is 5.10 Å². The molecule has 0 aliphatic carbocycles. The largest absolute Gasteiger partial charge is 0.459 e. The maximum atomic E-state index is 12.6. The fraction of sp³-hybridized carbons (Fsp3) is 0.217. The van der Waals surface area contributed by atoms with Gasteiger partial charge >= 0.3 is 5.88 Å². The van der Waals surface area contributed by atoms with E-state index in [1.165, 1.54) is 49.1 Å². The van der Waals surface area contributed by atoms with E-state index in [-0.39, 0.29) is 29.6 Å². The minimum atomic E-state index is -0.919. The lowest BCUT2D eigenvalue weighted by Crippen LogP contribution is -2.45. The van der Waals surface area contributed by atoms with Crippen molar-refractivity contribution in [1.82, 2.24) is 16.1 Å². The summed E-state index contributed by atoms with van der Waals surface area (Å²) >= 11 is 0. The van der Waals surface area contributed by atoms with Crippen molar-refractivity contribution >= 4 is 35.9 Å². The van der Waals surface area contributed by atoms with Gasteiger partial charge in [0.05, 0.1) is 18.6 Å². The number of hydrogen-bond acceptors (Lipinski definition) is 9. The van der Waals surface area contributed by atoms with Crippen LogP contribution in [-0.2, 0) is 4.79 Å². The first kappa shape index (κ1) is 25.7. The number of rotatable bonds is 13. The van der Waals surface area contributed by atoms with E-state index in [4.69, 9.17) is 13.3 Å². The number of carbonyl (C=O) groups excluding carboxylic acids is 3. The highest BCUT2D eigenvalue weighted by atomic mass is 16.6. The summed E-state index contributed by atoms with van der Waals surface area (Å²) in [6, 6.07) is 7.89. The molecule has 0 aliphatic heterocycles. The number of nitrogens with zero attached hydrogens (tertiary/aromatic N) is 2.